The van der Waals surface area contributed by atoms with E-state index in [1.807, 2.05) is 86.7 Å². The largest absolute Gasteiger partial charge is 0.490 e. The van der Waals surface area contributed by atoms with E-state index in [1.165, 1.54) is 18.4 Å². The summed E-state index contributed by atoms with van der Waals surface area (Å²) in [5.74, 6) is 2.06. The Kier molecular flexibility index (Phi) is 8.02. The molecule has 0 aliphatic carbocycles. The van der Waals surface area contributed by atoms with Gasteiger partial charge in [0, 0.05) is 0 Å². The minimum atomic E-state index is -0.645. The van der Waals surface area contributed by atoms with E-state index in [0.717, 1.165) is 22.4 Å². The van der Waals surface area contributed by atoms with Crippen LogP contribution in [0.25, 0.3) is 6.08 Å². The first-order valence-electron chi connectivity index (χ1n) is 14.0. The molecule has 2 aliphatic rings. The van der Waals surface area contributed by atoms with Gasteiger partial charge in [-0.2, -0.15) is 0 Å². The molecular weight excluding hydrogens is 568 g/mol. The first-order valence-corrected chi connectivity index (χ1v) is 14.8. The fourth-order valence-electron chi connectivity index (χ4n) is 5.16. The highest BCUT2D eigenvalue weighted by molar-refractivity contribution is 7.07. The molecule has 220 valence electrons. The van der Waals surface area contributed by atoms with Crippen molar-refractivity contribution in [3.8, 4) is 23.0 Å². The molecule has 10 heteroatoms. The third-order valence-corrected chi connectivity index (χ3v) is 8.15. The maximum Gasteiger partial charge on any atom is 0.338 e. The molecule has 0 amide bonds. The summed E-state index contributed by atoms with van der Waals surface area (Å²) in [7, 11) is 1.34. The topological polar surface area (TPSA) is 97.6 Å². The van der Waals surface area contributed by atoms with Crippen molar-refractivity contribution < 1.29 is 28.5 Å². The molecule has 9 nitrogen and oxygen atoms in total. The number of esters is 1. The van der Waals surface area contributed by atoms with Gasteiger partial charge in [-0.15, -0.1) is 0 Å². The Morgan fingerprint density at radius 3 is 2.60 bits per heavy atom. The van der Waals surface area contributed by atoms with Crippen LogP contribution in [0.4, 0.5) is 0 Å². The molecule has 0 N–H and O–H groups in total. The van der Waals surface area contributed by atoms with Crippen LogP contribution in [-0.4, -0.2) is 31.0 Å². The van der Waals surface area contributed by atoms with Crippen LogP contribution >= 0.6 is 11.3 Å². The summed E-state index contributed by atoms with van der Waals surface area (Å²) < 4.78 is 30.1. The number of nitrogens with zero attached hydrogens (tertiary/aromatic N) is 2. The summed E-state index contributed by atoms with van der Waals surface area (Å²) in [5, 5.41) is 0. The summed E-state index contributed by atoms with van der Waals surface area (Å²) in [5.41, 5.74) is 3.24. The van der Waals surface area contributed by atoms with E-state index in [-0.39, 0.29) is 12.4 Å². The molecule has 2 aliphatic heterocycles. The number of carbonyl (C=O) groups is 1. The zero-order valence-corrected chi connectivity index (χ0v) is 24.8. The summed E-state index contributed by atoms with van der Waals surface area (Å²) in [4.78, 5) is 32.1. The Bertz CT molecular complexity index is 1890. The van der Waals surface area contributed by atoms with E-state index in [1.54, 1.807) is 4.57 Å². The van der Waals surface area contributed by atoms with Crippen molar-refractivity contribution in [2.45, 2.75) is 32.9 Å². The number of fused-ring (bicyclic) bond motifs is 2. The van der Waals surface area contributed by atoms with Crippen molar-refractivity contribution in [1.82, 2.24) is 4.57 Å². The third-order valence-electron chi connectivity index (χ3n) is 7.16. The number of allylic oxidation sites excluding steroid dienone is 1. The predicted molar refractivity (Wildman–Crippen MR) is 161 cm³/mol. The van der Waals surface area contributed by atoms with E-state index < -0.39 is 12.0 Å². The molecule has 0 saturated heterocycles. The van der Waals surface area contributed by atoms with Crippen LogP contribution in [0.5, 0.6) is 23.0 Å². The third kappa shape index (κ3) is 5.53. The fourth-order valence-corrected chi connectivity index (χ4v) is 6.18. The van der Waals surface area contributed by atoms with Crippen molar-refractivity contribution in [3.63, 3.8) is 0 Å². The zero-order valence-electron chi connectivity index (χ0n) is 24.0. The van der Waals surface area contributed by atoms with Crippen molar-refractivity contribution >= 4 is 23.4 Å². The van der Waals surface area contributed by atoms with Gasteiger partial charge in [-0.05, 0) is 60.4 Å². The van der Waals surface area contributed by atoms with Gasteiger partial charge in [0.15, 0.2) is 27.8 Å². The van der Waals surface area contributed by atoms with Gasteiger partial charge in [-0.3, -0.25) is 9.36 Å². The Hall–Kier alpha value is -4.83. The molecule has 3 aromatic carbocycles. The van der Waals surface area contributed by atoms with Crippen LogP contribution in [0.15, 0.2) is 87.8 Å². The van der Waals surface area contributed by atoms with Crippen molar-refractivity contribution in [1.29, 1.82) is 0 Å². The number of ether oxygens (including phenoxy) is 5. The Balaban J connectivity index is 1.36. The summed E-state index contributed by atoms with van der Waals surface area (Å²) in [6, 6.07) is 20.1. The number of carbonyl (C=O) groups excluding carboxylic acids is 1. The van der Waals surface area contributed by atoms with Crippen LogP contribution in [0.2, 0.25) is 0 Å². The van der Waals surface area contributed by atoms with Gasteiger partial charge in [0.1, 0.15) is 6.61 Å². The highest BCUT2D eigenvalue weighted by atomic mass is 32.1. The molecule has 0 bridgehead atoms. The van der Waals surface area contributed by atoms with Crippen LogP contribution < -0.4 is 33.8 Å². The molecule has 4 aromatic rings. The van der Waals surface area contributed by atoms with Crippen LogP contribution in [-0.2, 0) is 16.1 Å². The van der Waals surface area contributed by atoms with Crippen molar-refractivity contribution in [3.05, 3.63) is 114 Å². The number of methoxy groups -OCH3 is 1. The summed E-state index contributed by atoms with van der Waals surface area (Å²) >= 11 is 1.28. The van der Waals surface area contributed by atoms with Gasteiger partial charge in [0.05, 0.1) is 35.6 Å². The van der Waals surface area contributed by atoms with Crippen molar-refractivity contribution in [2.75, 3.05) is 20.5 Å². The second kappa shape index (κ2) is 12.2. The lowest BCUT2D eigenvalue weighted by Gasteiger charge is -2.25. The average molecular weight is 599 g/mol. The number of hydrogen-bond donors (Lipinski definition) is 0. The first kappa shape index (κ1) is 28.3. The quantitative estimate of drug-likeness (QED) is 0.262. The SMILES string of the molecule is CCOc1cc(/C=c2\sc3n(c2=O)[C@H](c2ccccc2)C(C(=O)OC)=C(CC)N=3)ccc1OCc1ccc2c(c1)OCO2. The molecule has 0 fully saturated rings. The predicted octanol–water partition coefficient (Wildman–Crippen LogP) is 4.50. The smallest absolute Gasteiger partial charge is 0.338 e. The lowest BCUT2D eigenvalue weighted by Crippen LogP contribution is -2.40. The number of benzene rings is 3. The maximum absolute atomic E-state index is 13.9. The van der Waals surface area contributed by atoms with E-state index in [0.29, 0.717) is 57.5 Å². The summed E-state index contributed by atoms with van der Waals surface area (Å²) in [6.45, 7) is 4.81. The van der Waals surface area contributed by atoms with E-state index in [2.05, 4.69) is 0 Å². The van der Waals surface area contributed by atoms with Gasteiger partial charge < -0.3 is 23.7 Å². The Morgan fingerprint density at radius 2 is 1.84 bits per heavy atom. The molecule has 6 rings (SSSR count). The van der Waals surface area contributed by atoms with E-state index >= 15 is 0 Å². The highest BCUT2D eigenvalue weighted by Gasteiger charge is 2.33. The van der Waals surface area contributed by atoms with Crippen LogP contribution in [0, 0.1) is 0 Å². The van der Waals surface area contributed by atoms with Crippen LogP contribution in [0.1, 0.15) is 43.0 Å². The second-order valence-electron chi connectivity index (χ2n) is 9.81. The normalized spacial score (nSPS) is 15.6. The number of aromatic nitrogens is 1. The minimum absolute atomic E-state index is 0.215. The number of hydrogen-bond acceptors (Lipinski definition) is 9. The summed E-state index contributed by atoms with van der Waals surface area (Å²) in [6.07, 6.45) is 2.33. The molecule has 1 atom stereocenters. The average Bonchev–Trinajstić information content (AvgIpc) is 3.63. The maximum atomic E-state index is 13.9. The minimum Gasteiger partial charge on any atom is -0.490 e. The van der Waals surface area contributed by atoms with Crippen LogP contribution in [0.3, 0.4) is 0 Å². The Labute approximate surface area is 251 Å². The number of thiazole rings is 1. The highest BCUT2D eigenvalue weighted by Crippen LogP contribution is 2.35. The van der Waals surface area contributed by atoms with Crippen molar-refractivity contribution in [2.24, 2.45) is 4.99 Å². The number of rotatable bonds is 9. The molecule has 0 saturated carbocycles. The molecule has 43 heavy (non-hydrogen) atoms. The van der Waals surface area contributed by atoms with Gasteiger partial charge in [-0.1, -0.05) is 60.7 Å². The van der Waals surface area contributed by atoms with Gasteiger partial charge in [0.25, 0.3) is 5.56 Å². The second-order valence-corrected chi connectivity index (χ2v) is 10.8. The lowest BCUT2D eigenvalue weighted by molar-refractivity contribution is -0.136. The first-order chi connectivity index (χ1) is 21.0. The van der Waals surface area contributed by atoms with Gasteiger partial charge >= 0.3 is 5.97 Å². The van der Waals surface area contributed by atoms with E-state index in [9.17, 15) is 9.59 Å². The molecule has 1 aromatic heterocycles. The lowest BCUT2D eigenvalue weighted by atomic mass is 9.95. The molecule has 0 radical (unpaired) electrons. The van der Waals surface area contributed by atoms with Gasteiger partial charge in [0.2, 0.25) is 6.79 Å². The monoisotopic (exact) mass is 598 g/mol. The zero-order chi connectivity index (χ0) is 29.9. The molecule has 3 heterocycles. The molecule has 0 unspecified atom stereocenters. The standard InChI is InChI=1S/C33H30N2O7S/c1-4-23-29(32(37)38-3)30(22-9-7-6-8-10-22)35-31(36)28(43-33(35)34-23)17-20-11-13-24(26(15-20)39-5-2)40-18-21-12-14-25-27(16-21)42-19-41-25/h6-17,30H,4-5,18-19H2,1-3H3/b28-17-/t30-/m1/s1. The van der Waals surface area contributed by atoms with E-state index in [4.69, 9.17) is 28.7 Å². The van der Waals surface area contributed by atoms with Gasteiger partial charge in [-0.25, -0.2) is 9.79 Å². The molecular formula is C33H30N2O7S. The molecule has 0 spiro atoms. The fraction of sp³-hybridized carbons (Fsp3) is 0.242. The Morgan fingerprint density at radius 1 is 1.02 bits per heavy atom.